The molecule has 0 saturated heterocycles. The maximum absolute atomic E-state index is 13.1. The van der Waals surface area contributed by atoms with Crippen LogP contribution in [0.2, 0.25) is 0 Å². The molecule has 5 N–H and O–H groups in total. The van der Waals surface area contributed by atoms with Crippen LogP contribution in [-0.2, 0) is 6.18 Å². The molecule has 0 saturated carbocycles. The number of fused-ring (bicyclic) bond motifs is 3. The Morgan fingerprint density at radius 3 is 1.91 bits per heavy atom. The van der Waals surface area contributed by atoms with Gasteiger partial charge in [-0.05, 0) is 35.7 Å². The number of rotatable bonds is 2. The molecule has 0 aliphatic heterocycles. The van der Waals surface area contributed by atoms with Gasteiger partial charge in [0.05, 0.1) is 11.1 Å². The van der Waals surface area contributed by atoms with Gasteiger partial charge >= 0.3 is 12.4 Å². The number of alkyl halides is 6. The zero-order chi connectivity index (χ0) is 23.4. The summed E-state index contributed by atoms with van der Waals surface area (Å²) in [5.41, 5.74) is -4.31. The van der Waals surface area contributed by atoms with Gasteiger partial charge in [-0.1, -0.05) is 30.3 Å². The second-order valence-corrected chi connectivity index (χ2v) is 6.92. The predicted octanol–water partition coefficient (Wildman–Crippen LogP) is 3.96. The first kappa shape index (κ1) is 30.7. The van der Waals surface area contributed by atoms with Gasteiger partial charge in [-0.15, -0.1) is 0 Å². The molecule has 0 aliphatic carbocycles. The van der Waals surface area contributed by atoms with E-state index in [0.717, 1.165) is 12.1 Å². The number of carbonyl (C=O) groups excluding carboxylic acids is 1. The number of Topliss-reactive ketones (excluding diaryl/α,β-unsaturated/α-hetero) is 1. The largest absolute Gasteiger partial charge is 0.506 e. The summed E-state index contributed by atoms with van der Waals surface area (Å²) in [6.07, 6.45) is -10.1. The van der Waals surface area contributed by atoms with Crippen LogP contribution < -0.4 is 5.56 Å². The van der Waals surface area contributed by atoms with Gasteiger partial charge < -0.3 is 16.1 Å². The van der Waals surface area contributed by atoms with Gasteiger partial charge in [0.1, 0.15) is 11.3 Å². The maximum atomic E-state index is 13.1. The summed E-state index contributed by atoms with van der Waals surface area (Å²) in [6, 6.07) is 12.3. The van der Waals surface area contributed by atoms with Gasteiger partial charge in [-0.2, -0.15) is 26.3 Å². The molecule has 0 spiro atoms. The van der Waals surface area contributed by atoms with Crippen LogP contribution in [0.5, 0.6) is 5.75 Å². The molecule has 0 unspecified atom stereocenters. The van der Waals surface area contributed by atoms with Crippen LogP contribution in [0.1, 0.15) is 15.9 Å². The number of halogens is 6. The molecule has 4 aromatic rings. The monoisotopic (exact) mass is 640 g/mol. The van der Waals surface area contributed by atoms with Crippen LogP contribution >= 0.6 is 0 Å². The zero-order valence-corrected chi connectivity index (χ0v) is 19.6. The van der Waals surface area contributed by atoms with Crippen molar-refractivity contribution in [3.8, 4) is 11.4 Å². The van der Waals surface area contributed by atoms with Crippen LogP contribution in [0, 0.1) is 49.4 Å². The van der Waals surface area contributed by atoms with Gasteiger partial charge in [-0.25, -0.2) is 0 Å². The Kier molecular flexibility index (Phi) is 9.43. The third kappa shape index (κ3) is 5.43. The van der Waals surface area contributed by atoms with Crippen molar-refractivity contribution in [2.45, 2.75) is 12.4 Å². The first-order chi connectivity index (χ1) is 14.9. The Balaban J connectivity index is 0.00000204. The molecular weight excluding hydrogens is 624 g/mol. The molecular formula is C22H15EuF6NO5. The van der Waals surface area contributed by atoms with Gasteiger partial charge in [0.25, 0.3) is 11.3 Å². The van der Waals surface area contributed by atoms with E-state index in [1.165, 1.54) is 18.2 Å². The number of nitrogens with zero attached hydrogens (tertiary/aromatic N) is 1. The van der Waals surface area contributed by atoms with Gasteiger partial charge in [-0.3, -0.25) is 14.2 Å². The summed E-state index contributed by atoms with van der Waals surface area (Å²) in [5.74, 6) is -3.71. The van der Waals surface area contributed by atoms with Crippen molar-refractivity contribution in [3.63, 3.8) is 0 Å². The molecule has 0 fully saturated rings. The molecule has 4 rings (SSSR count). The number of benzene rings is 3. The van der Waals surface area contributed by atoms with E-state index in [4.69, 9.17) is 0 Å². The van der Waals surface area contributed by atoms with Crippen molar-refractivity contribution in [2.75, 3.05) is 0 Å². The van der Waals surface area contributed by atoms with Crippen LogP contribution in [-0.4, -0.2) is 32.6 Å². The molecule has 0 aliphatic rings. The first-order valence-corrected chi connectivity index (χ1v) is 9.00. The molecule has 1 radical (unpaired) electrons. The predicted molar refractivity (Wildman–Crippen MR) is 111 cm³/mol. The molecule has 0 amide bonds. The average molecular weight is 639 g/mol. The number of aromatic hydroxyl groups is 1. The van der Waals surface area contributed by atoms with Gasteiger partial charge in [0, 0.05) is 65.8 Å². The van der Waals surface area contributed by atoms with Crippen molar-refractivity contribution in [1.29, 1.82) is 0 Å². The smallest absolute Gasteiger partial charge is 0.455 e. The second-order valence-electron chi connectivity index (χ2n) is 6.92. The average Bonchev–Trinajstić information content (AvgIpc) is 2.72. The summed E-state index contributed by atoms with van der Waals surface area (Å²) in [6.45, 7) is 0. The Morgan fingerprint density at radius 1 is 0.800 bits per heavy atom. The second kappa shape index (κ2) is 10.7. The number of carbonyl (C=O) groups is 1. The number of pyridine rings is 1. The summed E-state index contributed by atoms with van der Waals surface area (Å²) in [5, 5.41) is 11.1. The van der Waals surface area contributed by atoms with E-state index >= 15 is 0 Å². The van der Waals surface area contributed by atoms with E-state index in [9.17, 15) is 41.0 Å². The van der Waals surface area contributed by atoms with E-state index in [-0.39, 0.29) is 76.9 Å². The quantitative estimate of drug-likeness (QED) is 0.203. The van der Waals surface area contributed by atoms with Crippen molar-refractivity contribution >= 4 is 27.5 Å². The van der Waals surface area contributed by atoms with Gasteiger partial charge in [0.15, 0.2) is 0 Å². The molecule has 0 bridgehead atoms. The van der Waals surface area contributed by atoms with E-state index in [0.29, 0.717) is 27.5 Å². The molecule has 35 heavy (non-hydrogen) atoms. The Hall–Kier alpha value is -2.32. The molecule has 13 heteroatoms. The SMILES string of the molecule is O.O.O=C(c1c(O)c2ccc3ccccc3c2n(-c2ccc(C(F)(F)F)cc2)c1=O)C(F)(F)F.[Eu]. The number of ketones is 1. The van der Waals surface area contributed by atoms with Crippen molar-refractivity contribution in [1.82, 2.24) is 4.57 Å². The number of hydrogen-bond donors (Lipinski definition) is 1. The summed E-state index contributed by atoms with van der Waals surface area (Å²) in [7, 11) is 0. The molecule has 1 aromatic heterocycles. The Labute approximate surface area is 232 Å². The number of aromatic nitrogens is 1. The van der Waals surface area contributed by atoms with E-state index < -0.39 is 40.6 Å². The summed E-state index contributed by atoms with van der Waals surface area (Å²) in [4.78, 5) is 25.0. The fourth-order valence-corrected chi connectivity index (χ4v) is 3.53. The third-order valence-electron chi connectivity index (χ3n) is 4.97. The summed E-state index contributed by atoms with van der Waals surface area (Å²) < 4.78 is 78.9. The Bertz CT molecular complexity index is 1450. The minimum atomic E-state index is -5.46. The fraction of sp³-hybridized carbons (Fsp3) is 0.0909. The third-order valence-corrected chi connectivity index (χ3v) is 4.97. The minimum Gasteiger partial charge on any atom is -0.506 e. The van der Waals surface area contributed by atoms with E-state index in [2.05, 4.69) is 0 Å². The number of hydrogen-bond acceptors (Lipinski definition) is 3. The molecule has 187 valence electrons. The summed E-state index contributed by atoms with van der Waals surface area (Å²) >= 11 is 0. The Morgan fingerprint density at radius 2 is 1.37 bits per heavy atom. The van der Waals surface area contributed by atoms with Crippen LogP contribution in [0.3, 0.4) is 0 Å². The molecule has 1 heterocycles. The van der Waals surface area contributed by atoms with Crippen molar-refractivity contribution in [3.05, 3.63) is 82.1 Å². The molecule has 0 atom stereocenters. The van der Waals surface area contributed by atoms with Crippen molar-refractivity contribution < 1.29 is 96.6 Å². The van der Waals surface area contributed by atoms with Crippen LogP contribution in [0.25, 0.3) is 27.4 Å². The van der Waals surface area contributed by atoms with Crippen LogP contribution in [0.15, 0.2) is 65.5 Å². The zero-order valence-electron chi connectivity index (χ0n) is 17.1. The maximum Gasteiger partial charge on any atom is 0.455 e. The molecule has 3 aromatic carbocycles. The van der Waals surface area contributed by atoms with Gasteiger partial charge in [0.2, 0.25) is 0 Å². The fourth-order valence-electron chi connectivity index (χ4n) is 3.53. The molecule has 6 nitrogen and oxygen atoms in total. The standard InChI is InChI=1S/C22H11F6NO3.Eu.2H2O/c23-21(24,25)12-6-8-13(9-7-12)29-17-14-4-2-1-3-11(14)5-10-15(17)18(30)16(20(29)32)19(31)22(26,27)28;;;/h1-10,30H;;2*1H2. The van der Waals surface area contributed by atoms with Crippen molar-refractivity contribution in [2.24, 2.45) is 0 Å². The minimum absolute atomic E-state index is 0. The first-order valence-electron chi connectivity index (χ1n) is 9.00. The normalized spacial score (nSPS) is 11.4. The van der Waals surface area contributed by atoms with E-state index in [1.54, 1.807) is 18.2 Å². The van der Waals surface area contributed by atoms with E-state index in [1.807, 2.05) is 0 Å². The van der Waals surface area contributed by atoms with Crippen LogP contribution in [0.4, 0.5) is 26.3 Å². The topological polar surface area (TPSA) is 122 Å².